The van der Waals surface area contributed by atoms with E-state index in [9.17, 15) is 16.8 Å². The Balaban J connectivity index is 0.000000211. The van der Waals surface area contributed by atoms with Crippen molar-refractivity contribution in [2.75, 3.05) is 28.4 Å². The fourth-order valence-corrected chi connectivity index (χ4v) is 10.6. The zero-order chi connectivity index (χ0) is 51.7. The van der Waals surface area contributed by atoms with E-state index in [2.05, 4.69) is 60.3 Å². The first kappa shape index (κ1) is 52.5. The maximum Gasteiger partial charge on any atom is 0.242 e. The van der Waals surface area contributed by atoms with Gasteiger partial charge in [-0.05, 0) is 38.1 Å². The first-order valence-corrected chi connectivity index (χ1v) is 25.9. The van der Waals surface area contributed by atoms with E-state index >= 15 is 0 Å². The highest BCUT2D eigenvalue weighted by Gasteiger charge is 2.35. The van der Waals surface area contributed by atoms with E-state index in [0.717, 1.165) is 0 Å². The summed E-state index contributed by atoms with van der Waals surface area (Å²) in [6, 6.07) is 10.4. The smallest absolute Gasteiger partial charge is 0.242 e. The second-order valence-electron chi connectivity index (χ2n) is 15.9. The number of rotatable bonds is 18. The summed E-state index contributed by atoms with van der Waals surface area (Å²) >= 11 is 11.8. The fraction of sp³-hybridized carbons (Fsp3) is 0.304. The summed E-state index contributed by atoms with van der Waals surface area (Å²) in [5.74, 6) is 1.22. The maximum atomic E-state index is 13.6. The van der Waals surface area contributed by atoms with Crippen LogP contribution in [0.4, 0.5) is 0 Å². The first-order chi connectivity index (χ1) is 34.5. The Morgan fingerprint density at radius 2 is 0.875 bits per heavy atom. The van der Waals surface area contributed by atoms with Crippen molar-refractivity contribution in [3.05, 3.63) is 132 Å². The van der Waals surface area contributed by atoms with E-state index in [-0.39, 0.29) is 23.4 Å². The molecule has 0 radical (unpaired) electrons. The van der Waals surface area contributed by atoms with Gasteiger partial charge < -0.3 is 18.9 Å². The number of methoxy groups -OCH3 is 4. The number of halogens is 2. The van der Waals surface area contributed by atoms with E-state index in [1.54, 1.807) is 98.0 Å². The van der Waals surface area contributed by atoms with Gasteiger partial charge in [0.2, 0.25) is 11.8 Å². The van der Waals surface area contributed by atoms with E-state index < -0.39 is 53.5 Å². The molecule has 0 aliphatic rings. The van der Waals surface area contributed by atoms with Crippen LogP contribution in [0.5, 0.6) is 23.3 Å². The zero-order valence-corrected chi connectivity index (χ0v) is 43.2. The number of hydrogen-bond donors (Lipinski definition) is 0. The Hall–Kier alpha value is -7.28. The number of pyridine rings is 4. The molecule has 0 saturated heterocycles. The fourth-order valence-electron chi connectivity index (χ4n) is 7.31. The van der Waals surface area contributed by atoms with Gasteiger partial charge in [-0.2, -0.15) is 0 Å². The summed E-state index contributed by atoms with van der Waals surface area (Å²) in [7, 11) is -1.60. The zero-order valence-electron chi connectivity index (χ0n) is 40.1. The number of sulfone groups is 2. The standard InChI is InChI=1S/2C23H24ClN7O4S/c2*1-14(21-27-11-17(24)12-28-21)15(2)36(32,33)13-19-29-30-22(16-6-5-8-25-10-16)31(19)20-18(34-3)7-9-26-23(20)35-4/h2*5-12,14-15H,13H2,1-4H3/t2*14-,15-/m00/s1. The molecule has 0 N–H and O–H groups in total. The van der Waals surface area contributed by atoms with E-state index in [0.29, 0.717) is 67.3 Å². The molecule has 0 amide bonds. The van der Waals surface area contributed by atoms with Crippen molar-refractivity contribution in [3.8, 4) is 57.4 Å². The van der Waals surface area contributed by atoms with Crippen LogP contribution in [-0.2, 0) is 31.2 Å². The third-order valence-corrected chi connectivity index (χ3v) is 16.4. The first-order valence-electron chi connectivity index (χ1n) is 21.7. The molecule has 8 heterocycles. The molecule has 0 aromatic carbocycles. The summed E-state index contributed by atoms with van der Waals surface area (Å²) in [5, 5.41) is 16.2. The number of hydrogen-bond acceptors (Lipinski definition) is 20. The monoisotopic (exact) mass is 1060 g/mol. The van der Waals surface area contributed by atoms with Crippen LogP contribution in [0.3, 0.4) is 0 Å². The predicted molar refractivity (Wildman–Crippen MR) is 266 cm³/mol. The van der Waals surface area contributed by atoms with E-state index in [1.807, 2.05) is 0 Å². The van der Waals surface area contributed by atoms with Crippen molar-refractivity contribution in [2.45, 2.75) is 61.5 Å². The van der Waals surface area contributed by atoms with Gasteiger partial charge in [0.25, 0.3) is 0 Å². The van der Waals surface area contributed by atoms with Gasteiger partial charge in [0.1, 0.15) is 34.7 Å². The van der Waals surface area contributed by atoms with Crippen LogP contribution in [0, 0.1) is 0 Å². The van der Waals surface area contributed by atoms with Gasteiger partial charge in [-0.1, -0.05) is 37.0 Å². The van der Waals surface area contributed by atoms with Gasteiger partial charge in [-0.25, -0.2) is 46.7 Å². The van der Waals surface area contributed by atoms with Crippen molar-refractivity contribution in [3.63, 3.8) is 0 Å². The van der Waals surface area contributed by atoms with E-state index in [1.165, 1.54) is 65.6 Å². The lowest BCUT2D eigenvalue weighted by molar-refractivity contribution is 0.378. The summed E-state index contributed by atoms with van der Waals surface area (Å²) in [4.78, 5) is 33.6. The molecule has 0 fully saturated rings. The average molecular weight is 1060 g/mol. The number of ether oxygens (including phenoxy) is 4. The Morgan fingerprint density at radius 1 is 0.500 bits per heavy atom. The van der Waals surface area contributed by atoms with Gasteiger partial charge in [-0.3, -0.25) is 19.1 Å². The Labute approximate surface area is 425 Å². The molecule has 26 heteroatoms. The summed E-state index contributed by atoms with van der Waals surface area (Å²) in [6.45, 7) is 6.74. The molecule has 376 valence electrons. The molecule has 22 nitrogen and oxygen atoms in total. The van der Waals surface area contributed by atoms with Gasteiger partial charge >= 0.3 is 0 Å². The summed E-state index contributed by atoms with van der Waals surface area (Å²) in [5.41, 5.74) is 1.99. The molecule has 8 rings (SSSR count). The second kappa shape index (κ2) is 22.9. The topological polar surface area (TPSA) is 270 Å². The number of aromatic nitrogens is 14. The quantitative estimate of drug-likeness (QED) is 0.0877. The molecule has 4 atom stereocenters. The third-order valence-electron chi connectivity index (χ3n) is 11.6. The Kier molecular flexibility index (Phi) is 16.7. The van der Waals surface area contributed by atoms with Gasteiger partial charge in [0, 0.05) is 97.1 Å². The van der Waals surface area contributed by atoms with E-state index in [4.69, 9.17) is 42.1 Å². The van der Waals surface area contributed by atoms with Crippen LogP contribution in [-0.4, -0.2) is 125 Å². The van der Waals surface area contributed by atoms with Crippen molar-refractivity contribution in [2.24, 2.45) is 0 Å². The van der Waals surface area contributed by atoms with Crippen LogP contribution in [0.1, 0.15) is 62.8 Å². The van der Waals surface area contributed by atoms with Gasteiger partial charge in [0.05, 0.1) is 49.0 Å². The molecule has 72 heavy (non-hydrogen) atoms. The molecule has 0 unspecified atom stereocenters. The molecule has 0 saturated carbocycles. The van der Waals surface area contributed by atoms with Crippen molar-refractivity contribution < 1.29 is 35.8 Å². The molecule has 0 aliphatic carbocycles. The van der Waals surface area contributed by atoms with Crippen LogP contribution in [0.25, 0.3) is 34.2 Å². The highest BCUT2D eigenvalue weighted by atomic mass is 35.5. The SMILES string of the molecule is COc1ccnc(OC)c1-n1c(CS(=O)(=O)[C@@H](C)[C@H](C)c2ncc(Cl)cn2)nnc1-c1cccnc1.COc1ccnc(OC)c1-n1c(CS(=O)(=O)[C@@H](C)[C@H](C)c2ncc(Cl)cn2)nnc1-c1cccnc1. The average Bonchev–Trinajstić information content (AvgIpc) is 4.01. The minimum absolute atomic E-state index is 0.162. The highest BCUT2D eigenvalue weighted by Crippen LogP contribution is 2.38. The lowest BCUT2D eigenvalue weighted by atomic mass is 10.1. The lowest BCUT2D eigenvalue weighted by Crippen LogP contribution is -2.27. The van der Waals surface area contributed by atoms with Crippen LogP contribution < -0.4 is 18.9 Å². The van der Waals surface area contributed by atoms with Crippen molar-refractivity contribution in [1.82, 2.24) is 69.4 Å². The second-order valence-corrected chi connectivity index (χ2v) is 21.5. The molecule has 8 aromatic rings. The number of nitrogens with zero attached hydrogens (tertiary/aromatic N) is 14. The molecule has 0 spiro atoms. The minimum atomic E-state index is -3.76. The van der Waals surface area contributed by atoms with Gasteiger partial charge in [0.15, 0.2) is 54.3 Å². The van der Waals surface area contributed by atoms with Crippen LogP contribution in [0.15, 0.2) is 98.4 Å². The normalized spacial score (nSPS) is 13.2. The minimum Gasteiger partial charge on any atom is -0.494 e. The largest absolute Gasteiger partial charge is 0.494 e. The Morgan fingerprint density at radius 3 is 1.19 bits per heavy atom. The summed E-state index contributed by atoms with van der Waals surface area (Å²) in [6.07, 6.45) is 15.3. The Bertz CT molecular complexity index is 3070. The molecule has 8 aromatic heterocycles. The molecule has 0 bridgehead atoms. The van der Waals surface area contributed by atoms with Crippen LogP contribution >= 0.6 is 23.2 Å². The highest BCUT2D eigenvalue weighted by molar-refractivity contribution is 7.91. The van der Waals surface area contributed by atoms with Crippen molar-refractivity contribution in [1.29, 1.82) is 0 Å². The lowest BCUT2D eigenvalue weighted by Gasteiger charge is -2.20. The predicted octanol–water partition coefficient (Wildman–Crippen LogP) is 6.58. The van der Waals surface area contributed by atoms with Crippen molar-refractivity contribution >= 4 is 42.9 Å². The maximum absolute atomic E-state index is 13.6. The summed E-state index contributed by atoms with van der Waals surface area (Å²) < 4.78 is 79.5. The molecular formula is C46H48Cl2N14O8S2. The molecule has 0 aliphatic heterocycles. The van der Waals surface area contributed by atoms with Gasteiger partial charge in [-0.15, -0.1) is 20.4 Å². The molecular weight excluding hydrogens is 1010 g/mol. The third kappa shape index (κ3) is 11.4. The van der Waals surface area contributed by atoms with Crippen LogP contribution in [0.2, 0.25) is 10.0 Å².